The lowest BCUT2D eigenvalue weighted by atomic mass is 10.2. The van der Waals surface area contributed by atoms with Gasteiger partial charge in [0, 0.05) is 24.5 Å². The molecule has 0 aliphatic carbocycles. The van der Waals surface area contributed by atoms with Crippen molar-refractivity contribution in [1.29, 1.82) is 0 Å². The van der Waals surface area contributed by atoms with Crippen LogP contribution in [0, 0.1) is 0 Å². The first-order valence-corrected chi connectivity index (χ1v) is 9.01. The van der Waals surface area contributed by atoms with Crippen molar-refractivity contribution in [3.8, 4) is 0 Å². The summed E-state index contributed by atoms with van der Waals surface area (Å²) >= 11 is 1.58. The third kappa shape index (κ3) is 3.55. The van der Waals surface area contributed by atoms with E-state index in [1.54, 1.807) is 11.3 Å². The van der Waals surface area contributed by atoms with Crippen LogP contribution in [-0.2, 0) is 10.0 Å². The second-order valence-electron chi connectivity index (χ2n) is 5.02. The summed E-state index contributed by atoms with van der Waals surface area (Å²) in [5.41, 5.74) is 0.432. The number of benzene rings is 1. The molecule has 1 heterocycles. The lowest BCUT2D eigenvalue weighted by molar-refractivity contribution is 0.0940. The third-order valence-corrected chi connectivity index (χ3v) is 6.10. The molecular weight excluding hydrogens is 320 g/mol. The maximum atomic E-state index is 12.2. The van der Waals surface area contributed by atoms with Crippen molar-refractivity contribution in [1.82, 2.24) is 9.62 Å². The summed E-state index contributed by atoms with van der Waals surface area (Å²) in [6.45, 7) is 1.91. The van der Waals surface area contributed by atoms with E-state index >= 15 is 0 Å². The van der Waals surface area contributed by atoms with Crippen molar-refractivity contribution < 1.29 is 13.2 Å². The summed E-state index contributed by atoms with van der Waals surface area (Å²) < 4.78 is 25.1. The van der Waals surface area contributed by atoms with Gasteiger partial charge in [-0.2, -0.15) is 0 Å². The molecule has 1 N–H and O–H groups in total. The number of thiophene rings is 1. The van der Waals surface area contributed by atoms with Gasteiger partial charge in [-0.25, -0.2) is 12.7 Å². The molecule has 0 unspecified atom stereocenters. The standard InChI is InChI=1S/C15H18N2O3S2/c1-11(14-5-4-10-21-14)16-15(18)12-6-8-13(9-7-12)22(19,20)17(2)3/h4-11H,1-3H3,(H,16,18)/t11-/m1/s1. The third-order valence-electron chi connectivity index (χ3n) is 3.21. The highest BCUT2D eigenvalue weighted by Gasteiger charge is 2.18. The SMILES string of the molecule is C[C@@H](NC(=O)c1ccc(S(=O)(=O)N(C)C)cc1)c1cccs1. The number of carbonyl (C=O) groups is 1. The Labute approximate surface area is 134 Å². The van der Waals surface area contributed by atoms with Crippen molar-refractivity contribution in [2.45, 2.75) is 17.9 Å². The van der Waals surface area contributed by atoms with Gasteiger partial charge in [-0.15, -0.1) is 11.3 Å². The number of amides is 1. The van der Waals surface area contributed by atoms with Crippen molar-refractivity contribution in [2.75, 3.05) is 14.1 Å². The fourth-order valence-corrected chi connectivity index (χ4v) is 3.51. The monoisotopic (exact) mass is 338 g/mol. The van der Waals surface area contributed by atoms with E-state index in [1.807, 2.05) is 24.4 Å². The molecule has 0 aliphatic rings. The molecule has 0 saturated heterocycles. The summed E-state index contributed by atoms with van der Waals surface area (Å²) in [5, 5.41) is 4.85. The van der Waals surface area contributed by atoms with Gasteiger partial charge in [-0.1, -0.05) is 6.07 Å². The van der Waals surface area contributed by atoms with E-state index in [-0.39, 0.29) is 16.8 Å². The van der Waals surface area contributed by atoms with Crippen molar-refractivity contribution in [2.24, 2.45) is 0 Å². The second-order valence-corrected chi connectivity index (χ2v) is 8.15. The molecule has 2 aromatic rings. The van der Waals surface area contributed by atoms with Gasteiger partial charge >= 0.3 is 0 Å². The number of hydrogen-bond donors (Lipinski definition) is 1. The van der Waals surface area contributed by atoms with Crippen molar-refractivity contribution in [3.63, 3.8) is 0 Å². The number of nitrogens with zero attached hydrogens (tertiary/aromatic N) is 1. The fraction of sp³-hybridized carbons (Fsp3) is 0.267. The Kier molecular flexibility index (Phi) is 5.00. The summed E-state index contributed by atoms with van der Waals surface area (Å²) in [6, 6.07) is 9.74. The minimum Gasteiger partial charge on any atom is -0.345 e. The average Bonchev–Trinajstić information content (AvgIpc) is 3.01. The van der Waals surface area contributed by atoms with Crippen LogP contribution in [0.3, 0.4) is 0 Å². The summed E-state index contributed by atoms with van der Waals surface area (Å²) in [4.78, 5) is 13.4. The Morgan fingerprint density at radius 1 is 1.18 bits per heavy atom. The maximum absolute atomic E-state index is 12.2. The number of carbonyl (C=O) groups excluding carboxylic acids is 1. The Balaban J connectivity index is 2.12. The zero-order valence-corrected chi connectivity index (χ0v) is 14.2. The molecule has 0 spiro atoms. The molecule has 118 valence electrons. The predicted molar refractivity (Wildman–Crippen MR) is 87.5 cm³/mol. The largest absolute Gasteiger partial charge is 0.345 e. The molecule has 0 saturated carbocycles. The molecule has 1 aromatic carbocycles. The summed E-state index contributed by atoms with van der Waals surface area (Å²) in [7, 11) is -0.533. The molecular formula is C15H18N2O3S2. The van der Waals surface area contributed by atoms with E-state index in [2.05, 4.69) is 5.32 Å². The Morgan fingerprint density at radius 3 is 2.32 bits per heavy atom. The van der Waals surface area contributed by atoms with E-state index in [9.17, 15) is 13.2 Å². The van der Waals surface area contributed by atoms with Crippen molar-refractivity contribution >= 4 is 27.3 Å². The van der Waals surface area contributed by atoms with Gasteiger partial charge in [-0.3, -0.25) is 4.79 Å². The van der Waals surface area contributed by atoms with Crippen LogP contribution < -0.4 is 5.32 Å². The molecule has 0 aliphatic heterocycles. The predicted octanol–water partition coefficient (Wildman–Crippen LogP) is 2.49. The summed E-state index contributed by atoms with van der Waals surface area (Å²) in [5.74, 6) is -0.227. The topological polar surface area (TPSA) is 66.5 Å². The summed E-state index contributed by atoms with van der Waals surface area (Å²) in [6.07, 6.45) is 0. The van der Waals surface area contributed by atoms with Crippen LogP contribution >= 0.6 is 11.3 Å². The normalized spacial score (nSPS) is 13.1. The van der Waals surface area contributed by atoms with Gasteiger partial charge in [0.05, 0.1) is 10.9 Å². The molecule has 1 atom stereocenters. The number of hydrogen-bond acceptors (Lipinski definition) is 4. The number of sulfonamides is 1. The van der Waals surface area contributed by atoms with E-state index < -0.39 is 10.0 Å². The van der Waals surface area contributed by atoms with Gasteiger partial charge in [0.15, 0.2) is 0 Å². The Hall–Kier alpha value is -1.70. The molecule has 22 heavy (non-hydrogen) atoms. The van der Waals surface area contributed by atoms with Gasteiger partial charge in [0.25, 0.3) is 5.91 Å². The zero-order chi connectivity index (χ0) is 16.3. The molecule has 0 bridgehead atoms. The average molecular weight is 338 g/mol. The number of rotatable bonds is 5. The molecule has 5 nitrogen and oxygen atoms in total. The maximum Gasteiger partial charge on any atom is 0.251 e. The quantitative estimate of drug-likeness (QED) is 0.911. The second kappa shape index (κ2) is 6.60. The van der Waals surface area contributed by atoms with Gasteiger partial charge in [0.2, 0.25) is 10.0 Å². The van der Waals surface area contributed by atoms with Crippen LogP contribution in [0.25, 0.3) is 0 Å². The molecule has 2 rings (SSSR count). The molecule has 7 heteroatoms. The molecule has 1 aromatic heterocycles. The molecule has 0 fully saturated rings. The Bertz CT molecular complexity index is 736. The van der Waals surface area contributed by atoms with Gasteiger partial charge in [-0.05, 0) is 42.6 Å². The highest BCUT2D eigenvalue weighted by atomic mass is 32.2. The van der Waals surface area contributed by atoms with Crippen molar-refractivity contribution in [3.05, 3.63) is 52.2 Å². The first-order valence-electron chi connectivity index (χ1n) is 6.69. The Morgan fingerprint density at radius 2 is 1.82 bits per heavy atom. The van der Waals surface area contributed by atoms with Crippen LogP contribution in [0.2, 0.25) is 0 Å². The van der Waals surface area contributed by atoms with Gasteiger partial charge < -0.3 is 5.32 Å². The van der Waals surface area contributed by atoms with Crippen LogP contribution in [0.1, 0.15) is 28.2 Å². The first kappa shape index (κ1) is 16.7. The van der Waals surface area contributed by atoms with Crippen LogP contribution in [0.4, 0.5) is 0 Å². The molecule has 0 radical (unpaired) electrons. The lowest BCUT2D eigenvalue weighted by Gasteiger charge is -2.13. The first-order chi connectivity index (χ1) is 10.3. The minimum atomic E-state index is -3.47. The van der Waals surface area contributed by atoms with E-state index in [4.69, 9.17) is 0 Å². The fourth-order valence-electron chi connectivity index (χ4n) is 1.88. The zero-order valence-electron chi connectivity index (χ0n) is 12.6. The number of nitrogens with one attached hydrogen (secondary N) is 1. The highest BCUT2D eigenvalue weighted by molar-refractivity contribution is 7.89. The van der Waals surface area contributed by atoms with Crippen LogP contribution in [-0.4, -0.2) is 32.7 Å². The van der Waals surface area contributed by atoms with E-state index in [0.717, 1.165) is 9.18 Å². The van der Waals surface area contributed by atoms with Gasteiger partial charge in [0.1, 0.15) is 0 Å². The van der Waals surface area contributed by atoms with Crippen LogP contribution in [0.15, 0.2) is 46.7 Å². The van der Waals surface area contributed by atoms with Crippen LogP contribution in [0.5, 0.6) is 0 Å². The molecule has 1 amide bonds. The van der Waals surface area contributed by atoms with E-state index in [1.165, 1.54) is 38.4 Å². The lowest BCUT2D eigenvalue weighted by Crippen LogP contribution is -2.26. The smallest absolute Gasteiger partial charge is 0.251 e. The highest BCUT2D eigenvalue weighted by Crippen LogP contribution is 2.19. The minimum absolute atomic E-state index is 0.0855. The van der Waals surface area contributed by atoms with E-state index in [0.29, 0.717) is 5.56 Å².